The fourth-order valence-electron chi connectivity index (χ4n) is 2.26. The molecule has 0 saturated carbocycles. The van der Waals surface area contributed by atoms with E-state index in [2.05, 4.69) is 4.72 Å². The molecular weight excluding hydrogens is 384 g/mol. The molecule has 134 valence electrons. The van der Waals surface area contributed by atoms with Gasteiger partial charge in [0.25, 0.3) is 10.0 Å². The van der Waals surface area contributed by atoms with Crippen LogP contribution in [0.5, 0.6) is 0 Å². The van der Waals surface area contributed by atoms with E-state index in [0.717, 1.165) is 29.5 Å². The Hall–Kier alpha value is -2.78. The molecule has 3 aromatic rings. The lowest BCUT2D eigenvalue weighted by molar-refractivity contribution is 0.0702. The number of rotatable bonds is 5. The zero-order valence-corrected chi connectivity index (χ0v) is 14.6. The molecule has 26 heavy (non-hydrogen) atoms. The fraction of sp³-hybridized carbons (Fsp3) is 0. The lowest BCUT2D eigenvalue weighted by Gasteiger charge is -2.10. The first-order valence-corrected chi connectivity index (χ1v) is 9.48. The summed E-state index contributed by atoms with van der Waals surface area (Å²) in [5.41, 5.74) is 0.800. The number of carbonyl (C=O) groups is 1. The van der Waals surface area contributed by atoms with Crippen LogP contribution in [0.25, 0.3) is 10.4 Å². The number of aromatic carboxylic acids is 1. The summed E-state index contributed by atoms with van der Waals surface area (Å²) < 4.78 is 54.0. The molecule has 0 radical (unpaired) electrons. The minimum Gasteiger partial charge on any atom is -0.477 e. The van der Waals surface area contributed by atoms with Gasteiger partial charge in [-0.05, 0) is 42.0 Å². The maximum Gasteiger partial charge on any atom is 0.345 e. The highest BCUT2D eigenvalue weighted by molar-refractivity contribution is 7.92. The van der Waals surface area contributed by atoms with Gasteiger partial charge < -0.3 is 5.11 Å². The Morgan fingerprint density at radius 2 is 1.58 bits per heavy atom. The quantitative estimate of drug-likeness (QED) is 0.678. The van der Waals surface area contributed by atoms with Gasteiger partial charge in [0.15, 0.2) is 4.90 Å². The van der Waals surface area contributed by atoms with Crippen LogP contribution in [-0.4, -0.2) is 19.5 Å². The van der Waals surface area contributed by atoms with Gasteiger partial charge in [0.1, 0.15) is 16.5 Å². The molecule has 0 aliphatic carbocycles. The van der Waals surface area contributed by atoms with Crippen LogP contribution in [-0.2, 0) is 10.0 Å². The van der Waals surface area contributed by atoms with Crippen molar-refractivity contribution in [3.05, 3.63) is 71.1 Å². The number of anilines is 1. The van der Waals surface area contributed by atoms with E-state index in [0.29, 0.717) is 10.4 Å². The molecule has 1 heterocycles. The highest BCUT2D eigenvalue weighted by Gasteiger charge is 2.23. The number of hydrogen-bond donors (Lipinski definition) is 2. The van der Waals surface area contributed by atoms with Gasteiger partial charge in [-0.2, -0.15) is 0 Å². The van der Waals surface area contributed by atoms with Crippen LogP contribution in [0.4, 0.5) is 14.5 Å². The van der Waals surface area contributed by atoms with Gasteiger partial charge in [-0.25, -0.2) is 22.0 Å². The molecule has 9 heteroatoms. The number of thiophene rings is 1. The van der Waals surface area contributed by atoms with E-state index in [1.807, 2.05) is 0 Å². The summed E-state index contributed by atoms with van der Waals surface area (Å²) in [6.45, 7) is 0. The zero-order chi connectivity index (χ0) is 18.9. The Bertz CT molecular complexity index is 1060. The molecule has 2 N–H and O–H groups in total. The van der Waals surface area contributed by atoms with Gasteiger partial charge >= 0.3 is 5.97 Å². The first kappa shape index (κ1) is 18.0. The number of hydrogen-bond acceptors (Lipinski definition) is 4. The van der Waals surface area contributed by atoms with Gasteiger partial charge in [0.05, 0.1) is 0 Å². The number of carboxylic acids is 1. The highest BCUT2D eigenvalue weighted by atomic mass is 32.2. The van der Waals surface area contributed by atoms with E-state index in [9.17, 15) is 22.0 Å². The van der Waals surface area contributed by atoms with Crippen molar-refractivity contribution in [2.75, 3.05) is 4.72 Å². The molecule has 0 bridgehead atoms. The third kappa shape index (κ3) is 3.58. The Kier molecular flexibility index (Phi) is 4.75. The molecule has 0 saturated heterocycles. The zero-order valence-electron chi connectivity index (χ0n) is 12.9. The minimum absolute atomic E-state index is 0.117. The topological polar surface area (TPSA) is 83.5 Å². The first-order chi connectivity index (χ1) is 12.3. The molecule has 3 rings (SSSR count). The van der Waals surface area contributed by atoms with E-state index >= 15 is 0 Å². The van der Waals surface area contributed by atoms with Gasteiger partial charge in [0, 0.05) is 10.6 Å². The third-order valence-electron chi connectivity index (χ3n) is 3.43. The normalized spacial score (nSPS) is 11.3. The lowest BCUT2D eigenvalue weighted by Crippen LogP contribution is -2.16. The molecule has 0 amide bonds. The molecule has 1 aromatic heterocycles. The summed E-state index contributed by atoms with van der Waals surface area (Å²) in [6, 6.07) is 11.9. The van der Waals surface area contributed by atoms with Crippen molar-refractivity contribution >= 4 is 33.0 Å². The van der Waals surface area contributed by atoms with Crippen molar-refractivity contribution in [2.45, 2.75) is 4.90 Å². The van der Waals surface area contributed by atoms with Crippen molar-refractivity contribution in [1.29, 1.82) is 0 Å². The van der Waals surface area contributed by atoms with Crippen LogP contribution >= 0.6 is 11.3 Å². The van der Waals surface area contributed by atoms with Gasteiger partial charge in [-0.1, -0.05) is 18.2 Å². The molecule has 0 unspecified atom stereocenters. The van der Waals surface area contributed by atoms with E-state index in [4.69, 9.17) is 5.11 Å². The largest absolute Gasteiger partial charge is 0.477 e. The van der Waals surface area contributed by atoms with Crippen molar-refractivity contribution in [3.63, 3.8) is 0 Å². The molecule has 0 atom stereocenters. The highest BCUT2D eigenvalue weighted by Crippen LogP contribution is 2.30. The second-order valence-corrected chi connectivity index (χ2v) is 7.91. The van der Waals surface area contributed by atoms with Crippen molar-refractivity contribution < 1.29 is 27.1 Å². The molecular formula is C17H11F2NO4S2. The molecule has 0 aliphatic rings. The standard InChI is InChI=1S/C17H11F2NO4S2/c18-12-2-1-3-13(19)16(12)26(23,24)20-11-6-4-10(5-7-11)14-8-9-15(25-14)17(21)22/h1-9,20H,(H,21,22). The van der Waals surface area contributed by atoms with Crippen LogP contribution in [0.15, 0.2) is 59.5 Å². The van der Waals surface area contributed by atoms with Crippen molar-refractivity contribution in [2.24, 2.45) is 0 Å². The summed E-state index contributed by atoms with van der Waals surface area (Å²) in [6.07, 6.45) is 0. The van der Waals surface area contributed by atoms with Gasteiger partial charge in [-0.3, -0.25) is 4.72 Å². The minimum atomic E-state index is -4.43. The number of nitrogens with one attached hydrogen (secondary N) is 1. The summed E-state index contributed by atoms with van der Waals surface area (Å²) in [5, 5.41) is 8.94. The van der Waals surface area contributed by atoms with Crippen molar-refractivity contribution in [3.8, 4) is 10.4 Å². The predicted octanol–water partition coefficient (Wildman–Crippen LogP) is 4.19. The van der Waals surface area contributed by atoms with Gasteiger partial charge in [-0.15, -0.1) is 11.3 Å². The number of sulfonamides is 1. The Balaban J connectivity index is 1.86. The van der Waals surface area contributed by atoms with E-state index < -0.39 is 32.5 Å². The average Bonchev–Trinajstić information content (AvgIpc) is 3.05. The molecule has 0 aliphatic heterocycles. The number of benzene rings is 2. The van der Waals surface area contributed by atoms with Crippen LogP contribution in [0.3, 0.4) is 0 Å². The second kappa shape index (κ2) is 6.85. The first-order valence-electron chi connectivity index (χ1n) is 7.18. The maximum absolute atomic E-state index is 13.7. The van der Waals surface area contributed by atoms with Crippen molar-refractivity contribution in [1.82, 2.24) is 0 Å². The van der Waals surface area contributed by atoms with Gasteiger partial charge in [0.2, 0.25) is 0 Å². The van der Waals surface area contributed by atoms with E-state index in [-0.39, 0.29) is 10.6 Å². The molecule has 0 spiro atoms. The predicted molar refractivity (Wildman–Crippen MR) is 93.9 cm³/mol. The summed E-state index contributed by atoms with van der Waals surface area (Å²) in [7, 11) is -4.43. The monoisotopic (exact) mass is 395 g/mol. The van der Waals surface area contributed by atoms with Crippen LogP contribution in [0.1, 0.15) is 9.67 Å². The maximum atomic E-state index is 13.7. The average molecular weight is 395 g/mol. The third-order valence-corrected chi connectivity index (χ3v) is 5.98. The van der Waals surface area contributed by atoms with E-state index in [1.165, 1.54) is 18.2 Å². The fourth-order valence-corrected chi connectivity index (χ4v) is 4.30. The lowest BCUT2D eigenvalue weighted by atomic mass is 10.2. The van der Waals surface area contributed by atoms with Crippen LogP contribution < -0.4 is 4.72 Å². The summed E-state index contributed by atoms with van der Waals surface area (Å²) in [4.78, 5) is 10.7. The number of carboxylic acid groups (broad SMARTS) is 1. The Morgan fingerprint density at radius 1 is 0.962 bits per heavy atom. The second-order valence-electron chi connectivity index (χ2n) is 5.20. The summed E-state index contributed by atoms with van der Waals surface area (Å²) in [5.74, 6) is -3.40. The molecule has 0 fully saturated rings. The Morgan fingerprint density at radius 3 is 2.12 bits per heavy atom. The summed E-state index contributed by atoms with van der Waals surface area (Å²) >= 11 is 1.08. The van der Waals surface area contributed by atoms with Crippen LogP contribution in [0.2, 0.25) is 0 Å². The Labute approximate surface area is 151 Å². The number of halogens is 2. The van der Waals surface area contributed by atoms with E-state index in [1.54, 1.807) is 18.2 Å². The molecule has 5 nitrogen and oxygen atoms in total. The SMILES string of the molecule is O=C(O)c1ccc(-c2ccc(NS(=O)(=O)c3c(F)cccc3F)cc2)s1. The molecule has 2 aromatic carbocycles. The van der Waals surface area contributed by atoms with Crippen LogP contribution in [0, 0.1) is 11.6 Å². The smallest absolute Gasteiger partial charge is 0.345 e.